The first-order chi connectivity index (χ1) is 0. The zero-order valence-electron chi connectivity index (χ0n) is 2.26. The van der Waals surface area contributed by atoms with Crippen LogP contribution in [0.5, 0.6) is 0 Å². The molecule has 0 heterocycles. The number of rotatable bonds is 0. The molecule has 0 fully saturated rings. The summed E-state index contributed by atoms with van der Waals surface area (Å²) < 4.78 is 0. The molecule has 0 aliphatic carbocycles. The van der Waals surface area contributed by atoms with Gasteiger partial charge in [0.2, 0.25) is 0 Å². The monoisotopic (exact) mass is 602 g/mol. The summed E-state index contributed by atoms with van der Waals surface area (Å²) in [4.78, 5) is 0. The summed E-state index contributed by atoms with van der Waals surface area (Å²) in [5, 5.41) is 0. The van der Waals surface area contributed by atoms with Crippen molar-refractivity contribution in [3.8, 4) is 0 Å². The van der Waals surface area contributed by atoms with Gasteiger partial charge in [0.25, 0.3) is 0 Å². The molecule has 0 aromatic heterocycles. The van der Waals surface area contributed by atoms with Crippen LogP contribution in [0.2, 0.25) is 0 Å². The van der Waals surface area contributed by atoms with E-state index in [1.54, 1.807) is 0 Å². The standard InChI is InChI=1S/Bi.Cs.2Te/q+3;+1;2*-2. The third kappa shape index (κ3) is 9.72. The molecule has 0 aromatic carbocycles. The van der Waals surface area contributed by atoms with E-state index in [0.717, 1.165) is 0 Å². The molecule has 4 heteroatoms. The van der Waals surface area contributed by atoms with E-state index >= 15 is 0 Å². The minimum Gasteiger partial charge on any atom is -2.00 e. The van der Waals surface area contributed by atoms with Crippen molar-refractivity contribution in [1.82, 2.24) is 0 Å². The van der Waals surface area contributed by atoms with Gasteiger partial charge < -0.3 is 47.3 Å². The average Bonchev–Trinajstić information content (AvgIpc) is 0. The Hall–Kier alpha value is 4.51. The maximum atomic E-state index is 0. The van der Waals surface area contributed by atoms with Crippen LogP contribution in [0.1, 0.15) is 0 Å². The van der Waals surface area contributed by atoms with Crippen LogP contribution in [-0.4, -0.2) is 73.5 Å². The Morgan fingerprint density at radius 2 is 0.750 bits per heavy atom. The van der Waals surface area contributed by atoms with Crippen LogP contribution in [0.3, 0.4) is 0 Å². The van der Waals surface area contributed by atoms with Gasteiger partial charge in [-0.05, 0) is 0 Å². The van der Waals surface area contributed by atoms with E-state index in [9.17, 15) is 0 Å². The van der Waals surface area contributed by atoms with Gasteiger partial charge in [0.05, 0.1) is 0 Å². The Balaban J connectivity index is 0. The molecule has 0 bridgehead atoms. The van der Waals surface area contributed by atoms with Crippen LogP contribution in [0.4, 0.5) is 0 Å². The van der Waals surface area contributed by atoms with Crippen LogP contribution in [0.25, 0.3) is 0 Å². The molecule has 0 aliphatic rings. The first kappa shape index (κ1) is 23.6. The molecule has 0 N–H and O–H groups in total. The molecule has 0 nitrogen and oxygen atoms in total. The van der Waals surface area contributed by atoms with Gasteiger partial charge in [-0.2, -0.15) is 0 Å². The predicted octanol–water partition coefficient (Wildman–Crippen LogP) is -4.14. The van der Waals surface area contributed by atoms with E-state index in [1.807, 2.05) is 0 Å². The minimum atomic E-state index is 0. The average molecular weight is 597 g/mol. The summed E-state index contributed by atoms with van der Waals surface area (Å²) in [7, 11) is 0. The third-order valence-corrected chi connectivity index (χ3v) is 0. The maximum absolute atomic E-state index is 0. The van der Waals surface area contributed by atoms with Crippen LogP contribution >= 0.6 is 0 Å². The van der Waals surface area contributed by atoms with Crippen molar-refractivity contribution >= 4 is 73.5 Å². The van der Waals surface area contributed by atoms with Crippen LogP contribution in [0.15, 0.2) is 0 Å². The molecule has 0 amide bonds. The first-order valence-corrected chi connectivity index (χ1v) is 0. The Labute approximate surface area is 138 Å². The van der Waals surface area contributed by atoms with Crippen molar-refractivity contribution in [3.05, 3.63) is 0 Å². The second-order valence-corrected chi connectivity index (χ2v) is 0. The first-order valence-electron chi connectivity index (χ1n) is 0. The van der Waals surface area contributed by atoms with Crippen LogP contribution < -0.4 is 68.9 Å². The fourth-order valence-electron chi connectivity index (χ4n) is 0. The zero-order chi connectivity index (χ0) is 0. The molecule has 0 atom stereocenters. The maximum Gasteiger partial charge on any atom is 3.00 e. The van der Waals surface area contributed by atoms with Gasteiger partial charge in [-0.3, -0.25) is 0 Å². The molecule has 4 heavy (non-hydrogen) atoms. The normalized spacial score (nSPS) is 0. The predicted molar refractivity (Wildman–Crippen MR) is 17.3 cm³/mol. The van der Waals surface area contributed by atoms with Gasteiger partial charge in [-0.15, -0.1) is 0 Å². The van der Waals surface area contributed by atoms with Gasteiger partial charge in [-0.25, -0.2) is 0 Å². The molecule has 0 unspecified atom stereocenters. The van der Waals surface area contributed by atoms with Crippen LogP contribution in [-0.2, 0) is 0 Å². The SMILES string of the molecule is [Bi+3].[Cs+].[Te-2].[Te-2]. The van der Waals surface area contributed by atoms with E-state index in [1.165, 1.54) is 0 Å². The molecule has 0 aromatic rings. The second-order valence-electron chi connectivity index (χ2n) is 0. The Kier molecular flexibility index (Phi) is 92.3. The summed E-state index contributed by atoms with van der Waals surface area (Å²) in [5.41, 5.74) is 0. The Morgan fingerprint density at radius 3 is 0.750 bits per heavy atom. The van der Waals surface area contributed by atoms with E-state index in [0.29, 0.717) is 0 Å². The molecule has 2 radical (unpaired) electrons. The summed E-state index contributed by atoms with van der Waals surface area (Å²) in [6.45, 7) is 0. The van der Waals surface area contributed by atoms with Gasteiger partial charge >= 0.3 is 95.1 Å². The summed E-state index contributed by atoms with van der Waals surface area (Å²) in [5.74, 6) is 0. The van der Waals surface area contributed by atoms with Gasteiger partial charge in [0.15, 0.2) is 0 Å². The van der Waals surface area contributed by atoms with Crippen molar-refractivity contribution in [2.45, 2.75) is 0 Å². The largest absolute Gasteiger partial charge is 3.00 e. The second kappa shape index (κ2) is 15.6. The van der Waals surface area contributed by atoms with Crippen LogP contribution in [0, 0.1) is 0 Å². The zero-order valence-corrected chi connectivity index (χ0v) is 16.7. The van der Waals surface area contributed by atoms with Crippen molar-refractivity contribution in [3.63, 3.8) is 0 Å². The molecular weight excluding hydrogens is 597 g/mol. The van der Waals surface area contributed by atoms with E-state index in [-0.39, 0.29) is 142 Å². The quantitative estimate of drug-likeness (QED) is 0.249. The van der Waals surface area contributed by atoms with Crippen molar-refractivity contribution in [2.24, 2.45) is 0 Å². The third-order valence-electron chi connectivity index (χ3n) is 0. The molecule has 0 saturated carbocycles. The van der Waals surface area contributed by atoms with E-state index in [2.05, 4.69) is 0 Å². The number of hydrogen-bond acceptors (Lipinski definition) is 0. The minimum absolute atomic E-state index is 0. The Morgan fingerprint density at radius 1 is 0.750 bits per heavy atom. The molecule has 0 aliphatic heterocycles. The Bertz CT molecular complexity index is 6.00. The smallest absolute Gasteiger partial charge is 2.00 e. The topological polar surface area (TPSA) is 0 Å². The fraction of sp³-hybridized carbons (Fsp3) is 0. The van der Waals surface area contributed by atoms with E-state index in [4.69, 9.17) is 0 Å². The van der Waals surface area contributed by atoms with Gasteiger partial charge in [-0.1, -0.05) is 0 Å². The van der Waals surface area contributed by atoms with Crippen molar-refractivity contribution in [2.75, 3.05) is 0 Å². The summed E-state index contributed by atoms with van der Waals surface area (Å²) in [6.07, 6.45) is 0. The molecule has 18 valence electrons. The van der Waals surface area contributed by atoms with Gasteiger partial charge in [0, 0.05) is 0 Å². The molecular formula is BiCsTe2. The molecule has 0 rings (SSSR count). The van der Waals surface area contributed by atoms with Crippen molar-refractivity contribution in [1.29, 1.82) is 0 Å². The van der Waals surface area contributed by atoms with Crippen molar-refractivity contribution < 1.29 is 68.9 Å². The van der Waals surface area contributed by atoms with Gasteiger partial charge in [0.1, 0.15) is 0 Å². The molecule has 0 spiro atoms. The summed E-state index contributed by atoms with van der Waals surface area (Å²) >= 11 is 0. The number of hydrogen-bond donors (Lipinski definition) is 0. The summed E-state index contributed by atoms with van der Waals surface area (Å²) in [6, 6.07) is 0. The van der Waals surface area contributed by atoms with E-state index < -0.39 is 0 Å². The fourth-order valence-corrected chi connectivity index (χ4v) is 0. The molecule has 0 saturated heterocycles.